The smallest absolute Gasteiger partial charge is 0.251 e. The molecule has 17 heavy (non-hydrogen) atoms. The van der Waals surface area contributed by atoms with Gasteiger partial charge in [-0.2, -0.15) is 5.10 Å². The highest BCUT2D eigenvalue weighted by Gasteiger charge is 2.13. The Morgan fingerprint density at radius 1 is 1.59 bits per heavy atom. The summed E-state index contributed by atoms with van der Waals surface area (Å²) < 4.78 is 1.75. The molecule has 2 heterocycles. The van der Waals surface area contributed by atoms with Crippen molar-refractivity contribution in [2.75, 3.05) is 0 Å². The number of rotatable bonds is 3. The Morgan fingerprint density at radius 2 is 2.35 bits per heavy atom. The maximum absolute atomic E-state index is 11.2. The topological polar surface area (TPSA) is 89.6 Å². The third-order valence-electron chi connectivity index (χ3n) is 2.33. The van der Waals surface area contributed by atoms with E-state index in [0.717, 1.165) is 16.3 Å². The zero-order valence-electron chi connectivity index (χ0n) is 9.60. The number of aryl methyl sites for hydroxylation is 2. The van der Waals surface area contributed by atoms with Crippen molar-refractivity contribution < 1.29 is 0 Å². The van der Waals surface area contributed by atoms with Crippen molar-refractivity contribution in [3.8, 4) is 0 Å². The van der Waals surface area contributed by atoms with E-state index in [1.165, 1.54) is 24.0 Å². The zero-order chi connectivity index (χ0) is 12.4. The molecule has 0 aliphatic heterocycles. The number of nitrogens with zero attached hydrogens (tertiary/aromatic N) is 3. The Hall–Kier alpha value is -1.60. The van der Waals surface area contributed by atoms with E-state index in [2.05, 4.69) is 15.1 Å². The summed E-state index contributed by atoms with van der Waals surface area (Å²) in [7, 11) is 1.84. The lowest BCUT2D eigenvalue weighted by Crippen LogP contribution is -2.06. The van der Waals surface area contributed by atoms with E-state index in [-0.39, 0.29) is 5.56 Å². The third-order valence-corrected chi connectivity index (χ3v) is 3.44. The second-order valence-electron chi connectivity index (χ2n) is 3.54. The molecule has 2 aromatic rings. The Labute approximate surface area is 102 Å². The molecule has 3 N–H and O–H groups in total. The molecule has 7 heteroatoms. The second-order valence-corrected chi connectivity index (χ2v) is 4.52. The molecule has 0 unspecified atom stereocenters. The summed E-state index contributed by atoms with van der Waals surface area (Å²) in [6, 6.07) is 1.38. The number of hydrogen-bond acceptors (Lipinski definition) is 5. The Kier molecular flexibility index (Phi) is 3.30. The number of aromatic nitrogens is 4. The van der Waals surface area contributed by atoms with Crippen molar-refractivity contribution in [3.05, 3.63) is 33.9 Å². The van der Waals surface area contributed by atoms with Crippen LogP contribution >= 0.6 is 11.8 Å². The van der Waals surface area contributed by atoms with E-state index in [1.807, 2.05) is 14.0 Å². The summed E-state index contributed by atoms with van der Waals surface area (Å²) in [6.07, 6.45) is 1.48. The lowest BCUT2D eigenvalue weighted by molar-refractivity contribution is 0.687. The van der Waals surface area contributed by atoms with Gasteiger partial charge in [-0.3, -0.25) is 9.48 Å². The molecule has 0 amide bonds. The predicted molar refractivity (Wildman–Crippen MR) is 64.8 cm³/mol. The van der Waals surface area contributed by atoms with E-state index >= 15 is 0 Å². The SMILES string of the molecule is Cc1nn(C)c(Sc2nccc(=O)[nH]2)c1CN. The maximum Gasteiger partial charge on any atom is 0.251 e. The fourth-order valence-corrected chi connectivity index (χ4v) is 2.51. The van der Waals surface area contributed by atoms with E-state index in [1.54, 1.807) is 4.68 Å². The molecule has 2 rings (SSSR count). The molecule has 0 aliphatic rings. The predicted octanol–water partition coefficient (Wildman–Crippen LogP) is 0.422. The van der Waals surface area contributed by atoms with E-state index in [4.69, 9.17) is 5.73 Å². The van der Waals surface area contributed by atoms with Gasteiger partial charge in [-0.15, -0.1) is 0 Å². The summed E-state index contributed by atoms with van der Waals surface area (Å²) in [5.74, 6) is 0. The third kappa shape index (κ3) is 2.40. The maximum atomic E-state index is 11.2. The first-order valence-electron chi connectivity index (χ1n) is 5.07. The number of aromatic amines is 1. The van der Waals surface area contributed by atoms with Crippen LogP contribution in [0.4, 0.5) is 0 Å². The molecule has 0 saturated heterocycles. The molecule has 90 valence electrons. The van der Waals surface area contributed by atoms with Gasteiger partial charge in [0.1, 0.15) is 5.03 Å². The van der Waals surface area contributed by atoms with Gasteiger partial charge in [-0.05, 0) is 18.7 Å². The van der Waals surface area contributed by atoms with E-state index in [0.29, 0.717) is 11.7 Å². The Bertz CT molecular complexity index is 589. The highest BCUT2D eigenvalue weighted by Crippen LogP contribution is 2.28. The Morgan fingerprint density at radius 3 is 3.00 bits per heavy atom. The summed E-state index contributed by atoms with van der Waals surface area (Å²) in [5.41, 5.74) is 7.39. The Balaban J connectivity index is 2.39. The van der Waals surface area contributed by atoms with Crippen LogP contribution < -0.4 is 11.3 Å². The lowest BCUT2D eigenvalue weighted by atomic mass is 10.3. The van der Waals surface area contributed by atoms with Crippen molar-refractivity contribution in [1.29, 1.82) is 0 Å². The fourth-order valence-electron chi connectivity index (χ4n) is 1.54. The molecule has 6 nitrogen and oxygen atoms in total. The van der Waals surface area contributed by atoms with Crippen LogP contribution in [0.3, 0.4) is 0 Å². The van der Waals surface area contributed by atoms with Gasteiger partial charge in [0.25, 0.3) is 5.56 Å². The summed E-state index contributed by atoms with van der Waals surface area (Å²) >= 11 is 1.35. The van der Waals surface area contributed by atoms with Crippen LogP contribution in [0, 0.1) is 6.92 Å². The first-order chi connectivity index (χ1) is 8.11. The first kappa shape index (κ1) is 11.9. The van der Waals surface area contributed by atoms with Crippen LogP contribution in [0.25, 0.3) is 0 Å². The van der Waals surface area contributed by atoms with Crippen molar-refractivity contribution in [3.63, 3.8) is 0 Å². The van der Waals surface area contributed by atoms with Gasteiger partial charge in [0.15, 0.2) is 5.16 Å². The fraction of sp³-hybridized carbons (Fsp3) is 0.300. The normalized spacial score (nSPS) is 10.8. The minimum atomic E-state index is -0.171. The standard InChI is InChI=1S/C10H13N5OS/c1-6-7(5-11)9(15(2)14-6)17-10-12-4-3-8(16)13-10/h3-4H,5,11H2,1-2H3,(H,12,13,16). The molecule has 0 spiro atoms. The second kappa shape index (κ2) is 4.72. The zero-order valence-corrected chi connectivity index (χ0v) is 10.4. The molecule has 0 saturated carbocycles. The molecular weight excluding hydrogens is 238 g/mol. The van der Waals surface area contributed by atoms with Gasteiger partial charge in [0.05, 0.1) is 5.69 Å². The molecule has 2 aromatic heterocycles. The summed E-state index contributed by atoms with van der Waals surface area (Å²) in [5, 5.41) is 5.74. The van der Waals surface area contributed by atoms with Crippen LogP contribution in [-0.2, 0) is 13.6 Å². The number of hydrogen-bond donors (Lipinski definition) is 2. The largest absolute Gasteiger partial charge is 0.326 e. The average Bonchev–Trinajstić information content (AvgIpc) is 2.53. The van der Waals surface area contributed by atoms with Gasteiger partial charge < -0.3 is 10.7 Å². The van der Waals surface area contributed by atoms with Gasteiger partial charge in [0.2, 0.25) is 0 Å². The molecule has 0 radical (unpaired) electrons. The highest BCUT2D eigenvalue weighted by atomic mass is 32.2. The van der Waals surface area contributed by atoms with Gasteiger partial charge >= 0.3 is 0 Å². The van der Waals surface area contributed by atoms with Gasteiger partial charge in [-0.25, -0.2) is 4.98 Å². The van der Waals surface area contributed by atoms with Gasteiger partial charge in [-0.1, -0.05) is 0 Å². The monoisotopic (exact) mass is 251 g/mol. The first-order valence-corrected chi connectivity index (χ1v) is 5.89. The van der Waals surface area contributed by atoms with E-state index < -0.39 is 0 Å². The van der Waals surface area contributed by atoms with Crippen LogP contribution in [0.2, 0.25) is 0 Å². The van der Waals surface area contributed by atoms with Gasteiger partial charge in [0, 0.05) is 31.4 Å². The molecule has 0 aromatic carbocycles. The van der Waals surface area contributed by atoms with Crippen LogP contribution in [0.15, 0.2) is 27.2 Å². The number of nitrogens with one attached hydrogen (secondary N) is 1. The quantitative estimate of drug-likeness (QED) is 0.772. The van der Waals surface area contributed by atoms with Crippen molar-refractivity contribution >= 4 is 11.8 Å². The molecule has 0 aliphatic carbocycles. The van der Waals surface area contributed by atoms with Crippen LogP contribution in [-0.4, -0.2) is 19.7 Å². The minimum Gasteiger partial charge on any atom is -0.326 e. The van der Waals surface area contributed by atoms with E-state index in [9.17, 15) is 4.79 Å². The number of nitrogens with two attached hydrogens (primary N) is 1. The molecule has 0 atom stereocenters. The molecule has 0 bridgehead atoms. The molecule has 0 fully saturated rings. The minimum absolute atomic E-state index is 0.171. The van der Waals surface area contributed by atoms with Crippen molar-refractivity contribution in [2.24, 2.45) is 12.8 Å². The van der Waals surface area contributed by atoms with Crippen molar-refractivity contribution in [2.45, 2.75) is 23.7 Å². The van der Waals surface area contributed by atoms with Crippen molar-refractivity contribution in [1.82, 2.24) is 19.7 Å². The van der Waals surface area contributed by atoms with Crippen LogP contribution in [0.1, 0.15) is 11.3 Å². The molecular formula is C10H13N5OS. The van der Waals surface area contributed by atoms with Crippen LogP contribution in [0.5, 0.6) is 0 Å². The lowest BCUT2D eigenvalue weighted by Gasteiger charge is -2.03. The summed E-state index contributed by atoms with van der Waals surface area (Å²) in [6.45, 7) is 2.33. The number of H-pyrrole nitrogens is 1. The summed E-state index contributed by atoms with van der Waals surface area (Å²) in [4.78, 5) is 17.9. The average molecular weight is 251 g/mol. The highest BCUT2D eigenvalue weighted by molar-refractivity contribution is 7.99.